The third-order valence-corrected chi connectivity index (χ3v) is 5.50. The van der Waals surface area contributed by atoms with E-state index < -0.39 is 5.97 Å². The van der Waals surface area contributed by atoms with Crippen LogP contribution in [0.1, 0.15) is 54.7 Å². The van der Waals surface area contributed by atoms with Gasteiger partial charge >= 0.3 is 5.97 Å². The van der Waals surface area contributed by atoms with Crippen LogP contribution in [0.5, 0.6) is 0 Å². The highest BCUT2D eigenvalue weighted by atomic mass is 16.4. The molecule has 1 aromatic heterocycles. The third kappa shape index (κ3) is 1.54. The normalized spacial score (nSPS) is 37.9. The average Bonchev–Trinajstić information content (AvgIpc) is 2.82. The number of hydrogen-bond donors (Lipinski definition) is 1. The maximum absolute atomic E-state index is 11.1. The number of carbonyl (C=O) groups is 1. The second-order valence-corrected chi connectivity index (χ2v) is 6.89. The number of aromatic carboxylic acids is 1. The standard InChI is InChI=1S/C15H17N3O2/c16-8-12-4-13(14(19)20)17-18(12)15-5-9-1-10(6-15)3-11(2-9)7-15/h4,9-11H,1-3,5-7H2,(H,19,20). The lowest BCUT2D eigenvalue weighted by atomic mass is 9.53. The van der Waals surface area contributed by atoms with E-state index in [4.69, 9.17) is 5.11 Å². The first-order valence-electron chi connectivity index (χ1n) is 7.33. The monoisotopic (exact) mass is 271 g/mol. The summed E-state index contributed by atoms with van der Waals surface area (Å²) in [6.07, 6.45) is 7.13. The Bertz CT molecular complexity index is 590. The Kier molecular flexibility index (Phi) is 2.30. The van der Waals surface area contributed by atoms with Gasteiger partial charge in [-0.25, -0.2) is 9.48 Å². The Morgan fingerprint density at radius 2 is 1.85 bits per heavy atom. The van der Waals surface area contributed by atoms with Crippen LogP contribution in [-0.4, -0.2) is 20.9 Å². The van der Waals surface area contributed by atoms with Crippen LogP contribution >= 0.6 is 0 Å². The zero-order chi connectivity index (χ0) is 13.9. The van der Waals surface area contributed by atoms with E-state index in [1.54, 1.807) is 4.68 Å². The van der Waals surface area contributed by atoms with Gasteiger partial charge in [0, 0.05) is 6.07 Å². The van der Waals surface area contributed by atoms with E-state index in [1.165, 1.54) is 25.3 Å². The molecular weight excluding hydrogens is 254 g/mol. The molecule has 104 valence electrons. The van der Waals surface area contributed by atoms with Crippen LogP contribution in [-0.2, 0) is 5.54 Å². The second-order valence-electron chi connectivity index (χ2n) is 6.89. The number of hydrogen-bond acceptors (Lipinski definition) is 3. The van der Waals surface area contributed by atoms with Crippen molar-refractivity contribution >= 4 is 5.97 Å². The van der Waals surface area contributed by atoms with Gasteiger partial charge in [0.25, 0.3) is 0 Å². The first-order valence-corrected chi connectivity index (χ1v) is 7.33. The van der Waals surface area contributed by atoms with Crippen LogP contribution in [0, 0.1) is 29.1 Å². The molecule has 5 nitrogen and oxygen atoms in total. The largest absolute Gasteiger partial charge is 0.476 e. The molecule has 5 rings (SSSR count). The molecule has 5 heteroatoms. The van der Waals surface area contributed by atoms with Crippen molar-refractivity contribution < 1.29 is 9.90 Å². The van der Waals surface area contributed by atoms with Crippen molar-refractivity contribution in [2.24, 2.45) is 17.8 Å². The lowest BCUT2D eigenvalue weighted by Gasteiger charge is -2.56. The lowest BCUT2D eigenvalue weighted by Crippen LogP contribution is -2.52. The van der Waals surface area contributed by atoms with Gasteiger partial charge in [-0.15, -0.1) is 0 Å². The van der Waals surface area contributed by atoms with Crippen molar-refractivity contribution in [3.8, 4) is 6.07 Å². The molecule has 1 heterocycles. The highest BCUT2D eigenvalue weighted by Crippen LogP contribution is 2.58. The molecule has 0 unspecified atom stereocenters. The topological polar surface area (TPSA) is 78.9 Å². The zero-order valence-electron chi connectivity index (χ0n) is 11.2. The van der Waals surface area contributed by atoms with Crippen molar-refractivity contribution in [3.05, 3.63) is 17.5 Å². The third-order valence-electron chi connectivity index (χ3n) is 5.50. The zero-order valence-corrected chi connectivity index (χ0v) is 11.2. The number of carboxylic acid groups (broad SMARTS) is 1. The fourth-order valence-corrected chi connectivity index (χ4v) is 5.25. The van der Waals surface area contributed by atoms with E-state index in [2.05, 4.69) is 11.2 Å². The number of aromatic nitrogens is 2. The number of nitrogens with zero attached hydrogens (tertiary/aromatic N) is 3. The predicted molar refractivity (Wildman–Crippen MR) is 70.0 cm³/mol. The van der Waals surface area contributed by atoms with E-state index in [0.29, 0.717) is 5.69 Å². The van der Waals surface area contributed by atoms with Crippen LogP contribution in [0.3, 0.4) is 0 Å². The highest BCUT2D eigenvalue weighted by Gasteiger charge is 2.53. The SMILES string of the molecule is N#Cc1cc(C(=O)O)nn1C12CC3CC(CC(C3)C1)C2. The second kappa shape index (κ2) is 3.85. The van der Waals surface area contributed by atoms with Gasteiger partial charge < -0.3 is 5.11 Å². The molecule has 4 bridgehead atoms. The molecule has 0 saturated heterocycles. The van der Waals surface area contributed by atoms with E-state index in [0.717, 1.165) is 37.0 Å². The maximum Gasteiger partial charge on any atom is 0.356 e. The summed E-state index contributed by atoms with van der Waals surface area (Å²) in [6, 6.07) is 3.55. The van der Waals surface area contributed by atoms with Gasteiger partial charge in [-0.3, -0.25) is 0 Å². The van der Waals surface area contributed by atoms with E-state index in [9.17, 15) is 10.1 Å². The molecular formula is C15H17N3O2. The fraction of sp³-hybridized carbons (Fsp3) is 0.667. The van der Waals surface area contributed by atoms with E-state index >= 15 is 0 Å². The molecule has 0 amide bonds. The van der Waals surface area contributed by atoms with Crippen LogP contribution in [0.25, 0.3) is 0 Å². The van der Waals surface area contributed by atoms with Crippen molar-refractivity contribution in [2.45, 2.75) is 44.1 Å². The van der Waals surface area contributed by atoms with Crippen LogP contribution < -0.4 is 0 Å². The molecule has 0 aliphatic heterocycles. The lowest BCUT2D eigenvalue weighted by molar-refractivity contribution is -0.0499. The van der Waals surface area contributed by atoms with Crippen molar-refractivity contribution in [2.75, 3.05) is 0 Å². The summed E-state index contributed by atoms with van der Waals surface area (Å²) in [6.45, 7) is 0. The molecule has 0 atom stereocenters. The summed E-state index contributed by atoms with van der Waals surface area (Å²) in [5, 5.41) is 22.7. The predicted octanol–water partition coefficient (Wildman–Crippen LogP) is 2.38. The van der Waals surface area contributed by atoms with Crippen LogP contribution in [0.15, 0.2) is 6.07 Å². The minimum atomic E-state index is -1.05. The molecule has 4 aliphatic carbocycles. The minimum absolute atomic E-state index is 0.00250. The van der Waals surface area contributed by atoms with Crippen molar-refractivity contribution in [1.29, 1.82) is 5.26 Å². The van der Waals surface area contributed by atoms with E-state index in [1.807, 2.05) is 0 Å². The average molecular weight is 271 g/mol. The quantitative estimate of drug-likeness (QED) is 0.895. The Morgan fingerprint density at radius 3 is 2.30 bits per heavy atom. The molecule has 20 heavy (non-hydrogen) atoms. The molecule has 1 N–H and O–H groups in total. The smallest absolute Gasteiger partial charge is 0.356 e. The van der Waals surface area contributed by atoms with Gasteiger partial charge in [-0.05, 0) is 56.3 Å². The van der Waals surface area contributed by atoms with Gasteiger partial charge in [0.05, 0.1) is 5.54 Å². The van der Waals surface area contributed by atoms with Gasteiger partial charge in [0.2, 0.25) is 0 Å². The Hall–Kier alpha value is -1.83. The van der Waals surface area contributed by atoms with Gasteiger partial charge in [-0.1, -0.05) is 0 Å². The molecule has 4 fully saturated rings. The summed E-state index contributed by atoms with van der Waals surface area (Å²) >= 11 is 0. The Labute approximate surface area is 117 Å². The van der Waals surface area contributed by atoms with Crippen LogP contribution in [0.2, 0.25) is 0 Å². The van der Waals surface area contributed by atoms with Crippen LogP contribution in [0.4, 0.5) is 0 Å². The summed E-state index contributed by atoms with van der Waals surface area (Å²) in [7, 11) is 0. The van der Waals surface area contributed by atoms with Gasteiger partial charge in [-0.2, -0.15) is 10.4 Å². The summed E-state index contributed by atoms with van der Waals surface area (Å²) in [5.74, 6) is 1.17. The molecule has 0 aromatic carbocycles. The maximum atomic E-state index is 11.1. The van der Waals surface area contributed by atoms with Crippen molar-refractivity contribution in [1.82, 2.24) is 9.78 Å². The molecule has 4 saturated carbocycles. The van der Waals surface area contributed by atoms with Gasteiger partial charge in [0.15, 0.2) is 5.69 Å². The summed E-state index contributed by atoms with van der Waals surface area (Å²) in [5.41, 5.74) is 0.315. The Morgan fingerprint density at radius 1 is 1.30 bits per heavy atom. The first-order chi connectivity index (χ1) is 9.59. The van der Waals surface area contributed by atoms with Gasteiger partial charge in [0.1, 0.15) is 11.8 Å². The fourth-order valence-electron chi connectivity index (χ4n) is 5.25. The minimum Gasteiger partial charge on any atom is -0.476 e. The van der Waals surface area contributed by atoms with Crippen molar-refractivity contribution in [3.63, 3.8) is 0 Å². The number of rotatable bonds is 2. The summed E-state index contributed by atoms with van der Waals surface area (Å²) in [4.78, 5) is 11.1. The van der Waals surface area contributed by atoms with E-state index in [-0.39, 0.29) is 11.2 Å². The summed E-state index contributed by atoms with van der Waals surface area (Å²) < 4.78 is 1.76. The molecule has 1 aromatic rings. The molecule has 0 spiro atoms. The highest BCUT2D eigenvalue weighted by molar-refractivity contribution is 5.85. The first kappa shape index (κ1) is 12.0. The number of nitriles is 1. The Balaban J connectivity index is 1.81. The molecule has 0 radical (unpaired) electrons. The molecule has 4 aliphatic rings. The number of carboxylic acids is 1.